The number of hydrogen-bond donors (Lipinski definition) is 2. The molecule has 0 bridgehead atoms. The molecule has 7 nitrogen and oxygen atoms in total. The fourth-order valence-electron chi connectivity index (χ4n) is 1.78. The second kappa shape index (κ2) is 4.29. The molecule has 2 heterocycles. The number of benzene rings is 1. The zero-order valence-electron chi connectivity index (χ0n) is 9.46. The van der Waals surface area contributed by atoms with Crippen molar-refractivity contribution in [2.24, 2.45) is 5.73 Å². The highest BCUT2D eigenvalue weighted by Crippen LogP contribution is 2.26. The molecule has 8 heteroatoms. The number of nitrogens with one attached hydrogen (secondary N) is 1. The standard InChI is InChI=1S/C11H7ClN6O/c12-10-6-3-5(1-2-7(6)14-4-15-10)8-9(11(13)19)17-18-16-8/h1-4H,(H2,13,19)(H,16,17,18). The van der Waals surface area contributed by atoms with Gasteiger partial charge in [0, 0.05) is 10.9 Å². The van der Waals surface area contributed by atoms with Crippen LogP contribution in [0.25, 0.3) is 22.2 Å². The lowest BCUT2D eigenvalue weighted by atomic mass is 10.1. The van der Waals surface area contributed by atoms with E-state index in [2.05, 4.69) is 25.4 Å². The van der Waals surface area contributed by atoms with Gasteiger partial charge in [-0.1, -0.05) is 17.7 Å². The molecule has 0 radical (unpaired) electrons. The predicted octanol–water partition coefficient (Wildman–Crippen LogP) is 1.17. The molecule has 1 amide bonds. The fraction of sp³-hybridized carbons (Fsp3) is 0. The van der Waals surface area contributed by atoms with Crippen molar-refractivity contribution < 1.29 is 4.79 Å². The minimum atomic E-state index is -0.653. The number of carbonyl (C=O) groups is 1. The molecule has 0 aliphatic rings. The van der Waals surface area contributed by atoms with E-state index in [0.717, 1.165) is 0 Å². The molecule has 0 atom stereocenters. The van der Waals surface area contributed by atoms with E-state index in [1.165, 1.54) is 6.33 Å². The van der Waals surface area contributed by atoms with Crippen LogP contribution in [0.5, 0.6) is 0 Å². The normalized spacial score (nSPS) is 10.8. The predicted molar refractivity (Wildman–Crippen MR) is 68.4 cm³/mol. The van der Waals surface area contributed by atoms with E-state index in [1.54, 1.807) is 18.2 Å². The Morgan fingerprint density at radius 3 is 2.89 bits per heavy atom. The van der Waals surface area contributed by atoms with E-state index in [0.29, 0.717) is 27.3 Å². The van der Waals surface area contributed by atoms with Crippen molar-refractivity contribution in [2.45, 2.75) is 0 Å². The number of hydrogen-bond acceptors (Lipinski definition) is 5. The van der Waals surface area contributed by atoms with Crippen LogP contribution >= 0.6 is 11.6 Å². The van der Waals surface area contributed by atoms with Gasteiger partial charge in [-0.3, -0.25) is 4.79 Å². The van der Waals surface area contributed by atoms with Crippen LogP contribution in [0.15, 0.2) is 24.5 Å². The first kappa shape index (κ1) is 11.5. The summed E-state index contributed by atoms with van der Waals surface area (Å²) < 4.78 is 0. The number of rotatable bonds is 2. The van der Waals surface area contributed by atoms with Crippen LogP contribution in [0.4, 0.5) is 0 Å². The molecule has 94 valence electrons. The van der Waals surface area contributed by atoms with Crippen molar-refractivity contribution in [2.75, 3.05) is 0 Å². The zero-order chi connectivity index (χ0) is 13.4. The van der Waals surface area contributed by atoms with Crippen molar-refractivity contribution in [1.82, 2.24) is 25.4 Å². The Bertz CT molecular complexity index is 784. The third-order valence-electron chi connectivity index (χ3n) is 2.64. The lowest BCUT2D eigenvalue weighted by molar-refractivity contribution is 0.0996. The minimum absolute atomic E-state index is 0.0762. The molecule has 3 rings (SSSR count). The summed E-state index contributed by atoms with van der Waals surface area (Å²) in [5.74, 6) is -0.653. The van der Waals surface area contributed by atoms with Crippen LogP contribution in [-0.4, -0.2) is 31.3 Å². The van der Waals surface area contributed by atoms with Gasteiger partial charge in [0.25, 0.3) is 5.91 Å². The number of aromatic amines is 1. The third kappa shape index (κ3) is 1.89. The van der Waals surface area contributed by atoms with Crippen LogP contribution in [0, 0.1) is 0 Å². The second-order valence-corrected chi connectivity index (χ2v) is 4.14. The van der Waals surface area contributed by atoms with Gasteiger partial charge >= 0.3 is 0 Å². The summed E-state index contributed by atoms with van der Waals surface area (Å²) in [6.07, 6.45) is 1.38. The number of primary amides is 1. The summed E-state index contributed by atoms with van der Waals surface area (Å²) in [6, 6.07) is 5.26. The summed E-state index contributed by atoms with van der Waals surface area (Å²) in [4.78, 5) is 19.2. The molecule has 0 spiro atoms. The first-order valence-electron chi connectivity index (χ1n) is 5.28. The summed E-state index contributed by atoms with van der Waals surface area (Å²) in [5, 5.41) is 11.0. The van der Waals surface area contributed by atoms with Gasteiger partial charge < -0.3 is 5.73 Å². The van der Waals surface area contributed by atoms with E-state index >= 15 is 0 Å². The van der Waals surface area contributed by atoms with Crippen LogP contribution in [0.2, 0.25) is 5.15 Å². The van der Waals surface area contributed by atoms with Gasteiger partial charge in [-0.2, -0.15) is 15.4 Å². The zero-order valence-corrected chi connectivity index (χ0v) is 10.2. The number of aromatic nitrogens is 5. The quantitative estimate of drug-likeness (QED) is 0.681. The van der Waals surface area contributed by atoms with Crippen LogP contribution in [0.3, 0.4) is 0 Å². The molecule has 3 aromatic rings. The number of halogens is 1. The monoisotopic (exact) mass is 274 g/mol. The van der Waals surface area contributed by atoms with Gasteiger partial charge in [-0.25, -0.2) is 9.97 Å². The number of amides is 1. The lowest BCUT2D eigenvalue weighted by Crippen LogP contribution is -2.12. The van der Waals surface area contributed by atoms with E-state index < -0.39 is 5.91 Å². The molecule has 2 aromatic heterocycles. The van der Waals surface area contributed by atoms with Gasteiger partial charge in [0.15, 0.2) is 5.69 Å². The highest BCUT2D eigenvalue weighted by atomic mass is 35.5. The number of fused-ring (bicyclic) bond motifs is 1. The molecule has 0 saturated heterocycles. The topological polar surface area (TPSA) is 110 Å². The van der Waals surface area contributed by atoms with Gasteiger partial charge in [0.05, 0.1) is 5.52 Å². The first-order valence-corrected chi connectivity index (χ1v) is 5.66. The summed E-state index contributed by atoms with van der Waals surface area (Å²) in [7, 11) is 0. The van der Waals surface area contributed by atoms with Crippen LogP contribution in [-0.2, 0) is 0 Å². The smallest absolute Gasteiger partial charge is 0.271 e. The lowest BCUT2D eigenvalue weighted by Gasteiger charge is -2.02. The Hall–Kier alpha value is -2.54. The van der Waals surface area contributed by atoms with Crippen LogP contribution < -0.4 is 5.73 Å². The van der Waals surface area contributed by atoms with Crippen LogP contribution in [0.1, 0.15) is 10.5 Å². The number of carbonyl (C=O) groups excluding carboxylic acids is 1. The van der Waals surface area contributed by atoms with Crippen molar-refractivity contribution in [3.8, 4) is 11.3 Å². The fourth-order valence-corrected chi connectivity index (χ4v) is 1.97. The molecular weight excluding hydrogens is 268 g/mol. The van der Waals surface area contributed by atoms with E-state index in [1.807, 2.05) is 0 Å². The second-order valence-electron chi connectivity index (χ2n) is 3.78. The van der Waals surface area contributed by atoms with E-state index in [-0.39, 0.29) is 5.69 Å². The van der Waals surface area contributed by atoms with Crippen molar-refractivity contribution >= 4 is 28.4 Å². The average Bonchev–Trinajstić information content (AvgIpc) is 2.88. The SMILES string of the molecule is NC(=O)c1n[nH]nc1-c1ccc2ncnc(Cl)c2c1. The highest BCUT2D eigenvalue weighted by Gasteiger charge is 2.16. The Morgan fingerprint density at radius 2 is 2.11 bits per heavy atom. The molecule has 0 aliphatic heterocycles. The molecule has 0 fully saturated rings. The maximum atomic E-state index is 11.2. The maximum absolute atomic E-state index is 11.2. The molecule has 3 N–H and O–H groups in total. The van der Waals surface area contributed by atoms with Crippen molar-refractivity contribution in [3.05, 3.63) is 35.4 Å². The third-order valence-corrected chi connectivity index (χ3v) is 2.94. The Morgan fingerprint density at radius 1 is 1.26 bits per heavy atom. The Labute approximate surface area is 111 Å². The molecule has 0 unspecified atom stereocenters. The summed E-state index contributed by atoms with van der Waals surface area (Å²) >= 11 is 6.01. The van der Waals surface area contributed by atoms with E-state index in [9.17, 15) is 4.79 Å². The summed E-state index contributed by atoms with van der Waals surface area (Å²) in [6.45, 7) is 0. The van der Waals surface area contributed by atoms with Gasteiger partial charge in [-0.05, 0) is 12.1 Å². The molecule has 1 aromatic carbocycles. The maximum Gasteiger partial charge on any atom is 0.271 e. The average molecular weight is 275 g/mol. The molecule has 0 saturated carbocycles. The van der Waals surface area contributed by atoms with Gasteiger partial charge in [-0.15, -0.1) is 0 Å². The number of nitrogens with zero attached hydrogens (tertiary/aromatic N) is 4. The van der Waals surface area contributed by atoms with Crippen molar-refractivity contribution in [1.29, 1.82) is 0 Å². The molecular formula is C11H7ClN6O. The number of nitrogens with two attached hydrogens (primary N) is 1. The first-order chi connectivity index (χ1) is 9.16. The number of H-pyrrole nitrogens is 1. The van der Waals surface area contributed by atoms with E-state index in [4.69, 9.17) is 17.3 Å². The Kier molecular flexibility index (Phi) is 2.60. The van der Waals surface area contributed by atoms with Gasteiger partial charge in [0.1, 0.15) is 17.2 Å². The largest absolute Gasteiger partial charge is 0.364 e. The minimum Gasteiger partial charge on any atom is -0.364 e. The Balaban J connectivity index is 2.23. The summed E-state index contributed by atoms with van der Waals surface area (Å²) in [5.41, 5.74) is 7.03. The van der Waals surface area contributed by atoms with Gasteiger partial charge in [0.2, 0.25) is 0 Å². The molecule has 19 heavy (non-hydrogen) atoms. The highest BCUT2D eigenvalue weighted by molar-refractivity contribution is 6.34. The molecule has 0 aliphatic carbocycles. The van der Waals surface area contributed by atoms with Crippen molar-refractivity contribution in [3.63, 3.8) is 0 Å².